The summed E-state index contributed by atoms with van der Waals surface area (Å²) in [5.74, 6) is 1.46. The van der Waals surface area contributed by atoms with E-state index >= 15 is 0 Å². The lowest BCUT2D eigenvalue weighted by molar-refractivity contribution is 0.354. The molecular formula is C16H20N2O2. The molecule has 4 nitrogen and oxygen atoms in total. The number of ether oxygens (including phenoxy) is 2. The quantitative estimate of drug-likeness (QED) is 0.909. The number of methoxy groups -OCH3 is 2. The van der Waals surface area contributed by atoms with E-state index in [9.17, 15) is 0 Å². The third-order valence-corrected chi connectivity index (χ3v) is 3.26. The van der Waals surface area contributed by atoms with Crippen molar-refractivity contribution in [2.24, 2.45) is 0 Å². The SMILES string of the molecule is CNC(c1cncc(C)c1)c1ccc(OC)c(OC)c1. The van der Waals surface area contributed by atoms with Crippen LogP contribution in [0.4, 0.5) is 0 Å². The first-order valence-electron chi connectivity index (χ1n) is 6.50. The normalized spacial score (nSPS) is 12.0. The summed E-state index contributed by atoms with van der Waals surface area (Å²) in [5, 5.41) is 3.31. The number of hydrogen-bond acceptors (Lipinski definition) is 4. The lowest BCUT2D eigenvalue weighted by Crippen LogP contribution is -2.18. The molecule has 0 fully saturated rings. The fourth-order valence-corrected chi connectivity index (χ4v) is 2.29. The van der Waals surface area contributed by atoms with Crippen molar-refractivity contribution in [2.75, 3.05) is 21.3 Å². The Kier molecular flexibility index (Phi) is 4.58. The monoisotopic (exact) mass is 272 g/mol. The molecule has 1 aromatic heterocycles. The lowest BCUT2D eigenvalue weighted by Gasteiger charge is -2.19. The van der Waals surface area contributed by atoms with Gasteiger partial charge in [0.25, 0.3) is 0 Å². The van der Waals surface area contributed by atoms with Crippen LogP contribution in [0.3, 0.4) is 0 Å². The van der Waals surface area contributed by atoms with Crippen LogP contribution in [0.25, 0.3) is 0 Å². The van der Waals surface area contributed by atoms with Gasteiger partial charge in [0.15, 0.2) is 11.5 Å². The average molecular weight is 272 g/mol. The highest BCUT2D eigenvalue weighted by Crippen LogP contribution is 2.32. The Labute approximate surface area is 119 Å². The predicted octanol–water partition coefficient (Wildman–Crippen LogP) is 2.72. The number of nitrogens with one attached hydrogen (secondary N) is 1. The summed E-state index contributed by atoms with van der Waals surface area (Å²) in [6, 6.07) is 8.14. The van der Waals surface area contributed by atoms with Gasteiger partial charge in [-0.05, 0) is 42.8 Å². The third kappa shape index (κ3) is 2.91. The van der Waals surface area contributed by atoms with E-state index in [1.807, 2.05) is 44.6 Å². The highest BCUT2D eigenvalue weighted by Gasteiger charge is 2.15. The highest BCUT2D eigenvalue weighted by atomic mass is 16.5. The number of rotatable bonds is 5. The van der Waals surface area contributed by atoms with E-state index in [-0.39, 0.29) is 6.04 Å². The van der Waals surface area contributed by atoms with Gasteiger partial charge in [-0.2, -0.15) is 0 Å². The van der Waals surface area contributed by atoms with E-state index in [0.29, 0.717) is 0 Å². The smallest absolute Gasteiger partial charge is 0.161 e. The zero-order valence-corrected chi connectivity index (χ0v) is 12.3. The summed E-state index contributed by atoms with van der Waals surface area (Å²) in [7, 11) is 5.21. The molecule has 106 valence electrons. The van der Waals surface area contributed by atoms with Crippen LogP contribution in [-0.2, 0) is 0 Å². The molecule has 1 unspecified atom stereocenters. The molecule has 1 aromatic carbocycles. The minimum Gasteiger partial charge on any atom is -0.493 e. The van der Waals surface area contributed by atoms with Gasteiger partial charge in [-0.25, -0.2) is 0 Å². The van der Waals surface area contributed by atoms with Crippen LogP contribution >= 0.6 is 0 Å². The molecule has 0 aliphatic heterocycles. The Morgan fingerprint density at radius 1 is 1.00 bits per heavy atom. The van der Waals surface area contributed by atoms with E-state index in [0.717, 1.165) is 28.2 Å². The van der Waals surface area contributed by atoms with Gasteiger partial charge in [-0.3, -0.25) is 4.98 Å². The maximum absolute atomic E-state index is 5.36. The van der Waals surface area contributed by atoms with Crippen molar-refractivity contribution in [2.45, 2.75) is 13.0 Å². The summed E-state index contributed by atoms with van der Waals surface area (Å²) in [4.78, 5) is 4.26. The van der Waals surface area contributed by atoms with Crippen molar-refractivity contribution >= 4 is 0 Å². The number of pyridine rings is 1. The van der Waals surface area contributed by atoms with Crippen molar-refractivity contribution in [3.63, 3.8) is 0 Å². The van der Waals surface area contributed by atoms with Crippen molar-refractivity contribution < 1.29 is 9.47 Å². The number of aryl methyl sites for hydroxylation is 1. The molecule has 0 aliphatic rings. The Morgan fingerprint density at radius 2 is 1.75 bits per heavy atom. The van der Waals surface area contributed by atoms with Gasteiger partial charge in [0, 0.05) is 12.4 Å². The Bertz CT molecular complexity index is 584. The molecular weight excluding hydrogens is 252 g/mol. The number of aromatic nitrogens is 1. The molecule has 4 heteroatoms. The van der Waals surface area contributed by atoms with Crippen LogP contribution in [0.2, 0.25) is 0 Å². The lowest BCUT2D eigenvalue weighted by atomic mass is 9.99. The largest absolute Gasteiger partial charge is 0.493 e. The molecule has 1 N–H and O–H groups in total. The molecule has 0 spiro atoms. The molecule has 20 heavy (non-hydrogen) atoms. The molecule has 0 bridgehead atoms. The van der Waals surface area contributed by atoms with Crippen molar-refractivity contribution in [3.8, 4) is 11.5 Å². The van der Waals surface area contributed by atoms with Crippen molar-refractivity contribution in [1.29, 1.82) is 0 Å². The topological polar surface area (TPSA) is 43.4 Å². The average Bonchev–Trinajstić information content (AvgIpc) is 2.48. The summed E-state index contributed by atoms with van der Waals surface area (Å²) in [6.45, 7) is 2.04. The maximum Gasteiger partial charge on any atom is 0.161 e. The van der Waals surface area contributed by atoms with Crippen LogP contribution in [0.15, 0.2) is 36.7 Å². The molecule has 0 aliphatic carbocycles. The molecule has 0 saturated carbocycles. The van der Waals surface area contributed by atoms with Gasteiger partial charge >= 0.3 is 0 Å². The van der Waals surface area contributed by atoms with Gasteiger partial charge in [0.2, 0.25) is 0 Å². The summed E-state index contributed by atoms with van der Waals surface area (Å²) < 4.78 is 10.6. The van der Waals surface area contributed by atoms with Crippen LogP contribution in [-0.4, -0.2) is 26.3 Å². The molecule has 2 aromatic rings. The van der Waals surface area contributed by atoms with Gasteiger partial charge in [0.1, 0.15) is 0 Å². The standard InChI is InChI=1S/C16H20N2O2/c1-11-7-13(10-18-9-11)16(17-2)12-5-6-14(19-3)15(8-12)20-4/h5-10,16-17H,1-4H3. The van der Waals surface area contributed by atoms with Crippen LogP contribution in [0.5, 0.6) is 11.5 Å². The van der Waals surface area contributed by atoms with Crippen LogP contribution in [0.1, 0.15) is 22.7 Å². The molecule has 2 rings (SSSR count). The zero-order valence-electron chi connectivity index (χ0n) is 12.3. The Morgan fingerprint density at radius 3 is 2.35 bits per heavy atom. The molecule has 1 atom stereocenters. The molecule has 0 saturated heterocycles. The minimum absolute atomic E-state index is 0.0715. The van der Waals surface area contributed by atoms with Crippen LogP contribution < -0.4 is 14.8 Å². The maximum atomic E-state index is 5.36. The fourth-order valence-electron chi connectivity index (χ4n) is 2.29. The first-order valence-corrected chi connectivity index (χ1v) is 6.50. The van der Waals surface area contributed by atoms with E-state index in [2.05, 4.69) is 16.4 Å². The second-order valence-corrected chi connectivity index (χ2v) is 4.63. The summed E-state index contributed by atoms with van der Waals surface area (Å²) in [6.07, 6.45) is 3.73. The van der Waals surface area contributed by atoms with E-state index in [4.69, 9.17) is 9.47 Å². The van der Waals surface area contributed by atoms with E-state index < -0.39 is 0 Å². The number of benzene rings is 1. The highest BCUT2D eigenvalue weighted by molar-refractivity contribution is 5.45. The molecule has 1 heterocycles. The summed E-state index contributed by atoms with van der Waals surface area (Å²) in [5.41, 5.74) is 3.38. The first-order chi connectivity index (χ1) is 9.69. The first kappa shape index (κ1) is 14.3. The number of nitrogens with zero attached hydrogens (tertiary/aromatic N) is 1. The van der Waals surface area contributed by atoms with Crippen molar-refractivity contribution in [1.82, 2.24) is 10.3 Å². The van der Waals surface area contributed by atoms with Gasteiger partial charge in [-0.1, -0.05) is 12.1 Å². The van der Waals surface area contributed by atoms with E-state index in [1.165, 1.54) is 0 Å². The molecule has 0 amide bonds. The third-order valence-electron chi connectivity index (χ3n) is 3.26. The van der Waals surface area contributed by atoms with Gasteiger partial charge < -0.3 is 14.8 Å². The van der Waals surface area contributed by atoms with Gasteiger partial charge in [0.05, 0.1) is 20.3 Å². The van der Waals surface area contributed by atoms with Crippen LogP contribution in [0, 0.1) is 6.92 Å². The van der Waals surface area contributed by atoms with Gasteiger partial charge in [-0.15, -0.1) is 0 Å². The minimum atomic E-state index is 0.0715. The second-order valence-electron chi connectivity index (χ2n) is 4.63. The Balaban J connectivity index is 2.41. The second kappa shape index (κ2) is 6.39. The Hall–Kier alpha value is -2.07. The fraction of sp³-hybridized carbons (Fsp3) is 0.312. The zero-order chi connectivity index (χ0) is 14.5. The summed E-state index contributed by atoms with van der Waals surface area (Å²) >= 11 is 0. The van der Waals surface area contributed by atoms with Crippen molar-refractivity contribution in [3.05, 3.63) is 53.3 Å². The predicted molar refractivity (Wildman–Crippen MR) is 79.4 cm³/mol. The number of hydrogen-bond donors (Lipinski definition) is 1. The molecule has 0 radical (unpaired) electrons. The van der Waals surface area contributed by atoms with E-state index in [1.54, 1.807) is 14.2 Å².